The number of hydrogen-bond donors (Lipinski definition) is 2. The van der Waals surface area contributed by atoms with Gasteiger partial charge in [-0.1, -0.05) is 19.1 Å². The zero-order valence-corrected chi connectivity index (χ0v) is 27.6. The molecule has 48 heavy (non-hydrogen) atoms. The number of carbonyl (C=O) groups is 1. The normalized spacial score (nSPS) is 16.3. The molecule has 0 aliphatic carbocycles. The molecule has 2 aromatic heterocycles. The number of thiazole rings is 1. The van der Waals surface area contributed by atoms with E-state index >= 15 is 4.39 Å². The van der Waals surface area contributed by atoms with E-state index in [9.17, 15) is 14.3 Å². The van der Waals surface area contributed by atoms with Gasteiger partial charge in [0, 0.05) is 27.5 Å². The monoisotopic (exact) mass is 669 g/mol. The van der Waals surface area contributed by atoms with Crippen molar-refractivity contribution >= 4 is 17.3 Å². The van der Waals surface area contributed by atoms with Crippen LogP contribution in [0.2, 0.25) is 0 Å². The lowest BCUT2D eigenvalue weighted by Crippen LogP contribution is -2.39. The van der Waals surface area contributed by atoms with Crippen LogP contribution in [0, 0.1) is 36.8 Å². The quantitative estimate of drug-likeness (QED) is 0.115. The van der Waals surface area contributed by atoms with Crippen LogP contribution in [-0.2, 0) is 23.5 Å². The molecule has 6 rings (SSSR count). The number of benzene rings is 3. The van der Waals surface area contributed by atoms with Crippen LogP contribution in [0.3, 0.4) is 0 Å². The number of hydrogen-bond acceptors (Lipinski definition) is 8. The van der Waals surface area contributed by atoms with E-state index in [1.54, 1.807) is 43.8 Å². The first-order valence-corrected chi connectivity index (χ1v) is 16.5. The third kappa shape index (κ3) is 6.89. The van der Waals surface area contributed by atoms with Crippen LogP contribution < -0.4 is 14.6 Å². The number of carbonyl (C=O) groups excluding carboxylic acids is 1. The molecule has 2 N–H and O–H groups in total. The predicted molar refractivity (Wildman–Crippen MR) is 175 cm³/mol. The van der Waals surface area contributed by atoms with E-state index in [0.717, 1.165) is 59.8 Å². The van der Waals surface area contributed by atoms with Gasteiger partial charge in [-0.25, -0.2) is 23.1 Å². The first kappa shape index (κ1) is 33.1. The van der Waals surface area contributed by atoms with Crippen LogP contribution in [0.4, 0.5) is 8.78 Å². The molecule has 0 saturated carbocycles. The Balaban J connectivity index is 1.24. The molecule has 1 aliphatic rings. The van der Waals surface area contributed by atoms with E-state index in [4.69, 9.17) is 15.0 Å². The smallest absolute Gasteiger partial charge is 0.328 e. The SMILES string of the molecule is Cc1cc(C[n+]2cnn(C[C@](O)(c3cc(F)ccc3F)[C@@H](C)c3nc(-c4ccc(C#N)cc4)cs3)c2)cc(C)c1OC(=O)C1CCCN1. The number of aryl methyl sites for hydroxylation is 2. The molecule has 1 saturated heterocycles. The molecule has 1 aliphatic heterocycles. The maximum absolute atomic E-state index is 15.3. The molecule has 5 aromatic rings. The summed E-state index contributed by atoms with van der Waals surface area (Å²) in [5, 5.41) is 31.4. The summed E-state index contributed by atoms with van der Waals surface area (Å²) < 4.78 is 38.9. The molecular formula is C36H35F2N6O3S+. The Labute approximate surface area is 281 Å². The summed E-state index contributed by atoms with van der Waals surface area (Å²) in [6.07, 6.45) is 5.01. The van der Waals surface area contributed by atoms with E-state index in [2.05, 4.69) is 16.5 Å². The lowest BCUT2D eigenvalue weighted by Gasteiger charge is -2.32. The van der Waals surface area contributed by atoms with Gasteiger partial charge in [0.15, 0.2) is 0 Å². The molecule has 12 heteroatoms. The van der Waals surface area contributed by atoms with Crippen molar-refractivity contribution < 1.29 is 28.0 Å². The fraction of sp³-hybridized carbons (Fsp3) is 0.306. The number of ether oxygens (including phenoxy) is 1. The zero-order chi connectivity index (χ0) is 34.0. The lowest BCUT2D eigenvalue weighted by molar-refractivity contribution is -0.689. The summed E-state index contributed by atoms with van der Waals surface area (Å²) in [6.45, 7) is 6.58. The largest absolute Gasteiger partial charge is 0.425 e. The summed E-state index contributed by atoms with van der Waals surface area (Å²) in [6, 6.07) is 15.7. The molecule has 3 aromatic carbocycles. The van der Waals surface area contributed by atoms with Gasteiger partial charge in [0.25, 0.3) is 6.33 Å². The second-order valence-corrected chi connectivity index (χ2v) is 13.2. The van der Waals surface area contributed by atoms with Gasteiger partial charge in [0.05, 0.1) is 28.9 Å². The fourth-order valence-electron chi connectivity index (χ4n) is 6.16. The molecular weight excluding hydrogens is 634 g/mol. The average molecular weight is 670 g/mol. The van der Waals surface area contributed by atoms with Gasteiger partial charge >= 0.3 is 5.97 Å². The van der Waals surface area contributed by atoms with Crippen molar-refractivity contribution in [2.24, 2.45) is 0 Å². The van der Waals surface area contributed by atoms with Gasteiger partial charge in [-0.2, -0.15) is 5.26 Å². The zero-order valence-electron chi connectivity index (χ0n) is 26.8. The van der Waals surface area contributed by atoms with Crippen molar-refractivity contribution in [3.8, 4) is 23.1 Å². The minimum absolute atomic E-state index is 0.185. The first-order chi connectivity index (χ1) is 23.0. The molecule has 3 atom stereocenters. The van der Waals surface area contributed by atoms with Crippen molar-refractivity contribution in [2.75, 3.05) is 6.54 Å². The Hall–Kier alpha value is -4.83. The number of nitriles is 1. The van der Waals surface area contributed by atoms with Crippen molar-refractivity contribution in [2.45, 2.75) is 64.3 Å². The fourth-order valence-corrected chi connectivity index (χ4v) is 7.13. The van der Waals surface area contributed by atoms with Crippen LogP contribution in [0.5, 0.6) is 5.75 Å². The number of nitrogens with one attached hydrogen (secondary N) is 1. The molecule has 0 radical (unpaired) electrons. The second kappa shape index (κ2) is 13.7. The van der Waals surface area contributed by atoms with E-state index in [1.807, 2.05) is 35.9 Å². The standard InChI is InChI=1S/C36H35F2N6O3S/c1-22-13-26(14-23(2)33(22)47-35(45)31-5-4-12-40-31)17-43-20-41-44(21-43)19-36(46,29-15-28(37)10-11-30(29)38)24(3)34-42-32(18-48-34)27-8-6-25(16-39)7-9-27/h6-11,13-15,18,20-21,24,31,40,46H,4-5,12,17,19H2,1-3H3/q+1/t24-,31?,36+/m0/s1. The minimum Gasteiger partial charge on any atom is -0.425 e. The Morgan fingerprint density at radius 2 is 1.96 bits per heavy atom. The number of halogens is 2. The summed E-state index contributed by atoms with van der Waals surface area (Å²) in [5.41, 5.74) is 2.45. The Kier molecular flexibility index (Phi) is 9.46. The molecule has 1 fully saturated rings. The van der Waals surface area contributed by atoms with E-state index in [-0.39, 0.29) is 24.1 Å². The van der Waals surface area contributed by atoms with Crippen LogP contribution in [-0.4, -0.2) is 38.4 Å². The molecule has 0 spiro atoms. The Bertz CT molecular complexity index is 1970. The van der Waals surface area contributed by atoms with Crippen molar-refractivity contribution in [1.29, 1.82) is 5.26 Å². The highest BCUT2D eigenvalue weighted by molar-refractivity contribution is 7.10. The number of rotatable bonds is 10. The van der Waals surface area contributed by atoms with Gasteiger partial charge in [-0.15, -0.1) is 16.0 Å². The molecule has 1 unspecified atom stereocenters. The van der Waals surface area contributed by atoms with Crippen LogP contribution in [0.25, 0.3) is 11.3 Å². The minimum atomic E-state index is -1.93. The second-order valence-electron chi connectivity index (χ2n) is 12.3. The Morgan fingerprint density at radius 1 is 1.21 bits per heavy atom. The number of aromatic nitrogens is 4. The van der Waals surface area contributed by atoms with Crippen LogP contribution in [0.15, 0.2) is 72.6 Å². The van der Waals surface area contributed by atoms with E-state index in [1.165, 1.54) is 16.0 Å². The number of nitrogens with zero attached hydrogens (tertiary/aromatic N) is 5. The third-order valence-electron chi connectivity index (χ3n) is 8.78. The highest BCUT2D eigenvalue weighted by Gasteiger charge is 2.43. The summed E-state index contributed by atoms with van der Waals surface area (Å²) in [7, 11) is 0. The maximum atomic E-state index is 15.3. The van der Waals surface area contributed by atoms with E-state index in [0.29, 0.717) is 28.6 Å². The van der Waals surface area contributed by atoms with Gasteiger partial charge in [0.1, 0.15) is 35.6 Å². The maximum Gasteiger partial charge on any atom is 0.328 e. The van der Waals surface area contributed by atoms with Crippen molar-refractivity contribution in [3.05, 3.63) is 117 Å². The topological polar surface area (TPSA) is 117 Å². The lowest BCUT2D eigenvalue weighted by atomic mass is 9.82. The van der Waals surface area contributed by atoms with Crippen LogP contribution in [0.1, 0.15) is 58.5 Å². The first-order valence-electron chi connectivity index (χ1n) is 15.6. The molecule has 9 nitrogen and oxygen atoms in total. The molecule has 0 amide bonds. The molecule has 246 valence electrons. The molecule has 0 bridgehead atoms. The van der Waals surface area contributed by atoms with Crippen LogP contribution >= 0.6 is 11.3 Å². The molecule has 3 heterocycles. The van der Waals surface area contributed by atoms with Gasteiger partial charge < -0.3 is 15.2 Å². The van der Waals surface area contributed by atoms with Gasteiger partial charge in [0.2, 0.25) is 6.33 Å². The summed E-state index contributed by atoms with van der Waals surface area (Å²) >= 11 is 1.30. The highest BCUT2D eigenvalue weighted by atomic mass is 32.1. The highest BCUT2D eigenvalue weighted by Crippen LogP contribution is 2.41. The number of aliphatic hydroxyl groups is 1. The third-order valence-corrected chi connectivity index (χ3v) is 9.81. The predicted octanol–water partition coefficient (Wildman–Crippen LogP) is 5.46. The van der Waals surface area contributed by atoms with Crippen molar-refractivity contribution in [1.82, 2.24) is 20.1 Å². The van der Waals surface area contributed by atoms with E-state index < -0.39 is 23.2 Å². The summed E-state index contributed by atoms with van der Waals surface area (Å²) in [4.78, 5) is 17.3. The average Bonchev–Trinajstić information content (AvgIpc) is 3.87. The van der Waals surface area contributed by atoms with Crippen molar-refractivity contribution in [3.63, 3.8) is 0 Å². The number of esters is 1. The Morgan fingerprint density at radius 3 is 2.65 bits per heavy atom. The van der Waals surface area contributed by atoms with Gasteiger partial charge in [-0.3, -0.25) is 0 Å². The van der Waals surface area contributed by atoms with Gasteiger partial charge in [-0.05, 0) is 92.4 Å². The summed E-state index contributed by atoms with van der Waals surface area (Å²) in [5.74, 6) is -1.90.